The van der Waals surface area contributed by atoms with Gasteiger partial charge in [-0.15, -0.1) is 0 Å². The maximum Gasteiger partial charge on any atom is 0.244 e. The van der Waals surface area contributed by atoms with E-state index in [0.717, 1.165) is 53.4 Å². The van der Waals surface area contributed by atoms with E-state index in [1.807, 2.05) is 36.5 Å². The zero-order valence-corrected chi connectivity index (χ0v) is 15.7. The molecule has 1 amide bonds. The number of nitrogens with one attached hydrogen (secondary N) is 1. The van der Waals surface area contributed by atoms with Crippen LogP contribution in [0.25, 0.3) is 0 Å². The van der Waals surface area contributed by atoms with Crippen LogP contribution in [-0.4, -0.2) is 43.6 Å². The molecule has 0 aromatic carbocycles. The van der Waals surface area contributed by atoms with Gasteiger partial charge in [-0.3, -0.25) is 9.48 Å². The molecular formula is C19H26N6O. The van der Waals surface area contributed by atoms with Gasteiger partial charge in [0.2, 0.25) is 5.91 Å². The first-order valence-corrected chi connectivity index (χ1v) is 9.39. The van der Waals surface area contributed by atoms with Gasteiger partial charge in [0.25, 0.3) is 0 Å². The number of aryl methyl sites for hydroxylation is 1. The number of carbonyl (C=O) groups is 1. The van der Waals surface area contributed by atoms with E-state index >= 15 is 0 Å². The minimum Gasteiger partial charge on any atom is -0.336 e. The number of amides is 1. The van der Waals surface area contributed by atoms with Gasteiger partial charge in [-0.1, -0.05) is 0 Å². The second-order valence-electron chi connectivity index (χ2n) is 7.37. The highest BCUT2D eigenvalue weighted by atomic mass is 16.2. The van der Waals surface area contributed by atoms with Gasteiger partial charge < -0.3 is 10.2 Å². The molecule has 4 rings (SSSR count). The van der Waals surface area contributed by atoms with Gasteiger partial charge in [0.1, 0.15) is 12.4 Å². The third-order valence-electron chi connectivity index (χ3n) is 5.71. The highest BCUT2D eigenvalue weighted by Gasteiger charge is 2.25. The summed E-state index contributed by atoms with van der Waals surface area (Å²) in [4.78, 5) is 24.0. The molecule has 2 aromatic heterocycles. The van der Waals surface area contributed by atoms with E-state index in [9.17, 15) is 4.79 Å². The molecule has 138 valence electrons. The number of hydrogen-bond donors (Lipinski definition) is 1. The van der Waals surface area contributed by atoms with E-state index in [1.54, 1.807) is 0 Å². The van der Waals surface area contributed by atoms with Gasteiger partial charge in [0.05, 0.1) is 17.4 Å². The molecule has 2 aliphatic rings. The van der Waals surface area contributed by atoms with Crippen LogP contribution in [0.2, 0.25) is 0 Å². The first-order valence-electron chi connectivity index (χ1n) is 9.39. The Hall–Kier alpha value is -2.28. The molecule has 1 atom stereocenters. The van der Waals surface area contributed by atoms with Crippen LogP contribution in [-0.2, 0) is 24.3 Å². The Morgan fingerprint density at radius 2 is 2.19 bits per heavy atom. The molecule has 0 radical (unpaired) electrons. The van der Waals surface area contributed by atoms with Crippen molar-refractivity contribution in [2.24, 2.45) is 0 Å². The predicted molar refractivity (Wildman–Crippen MR) is 97.6 cm³/mol. The molecule has 1 saturated heterocycles. The van der Waals surface area contributed by atoms with Crippen molar-refractivity contribution >= 4 is 5.91 Å². The van der Waals surface area contributed by atoms with Crippen LogP contribution in [0.5, 0.6) is 0 Å². The summed E-state index contributed by atoms with van der Waals surface area (Å²) < 4.78 is 1.81. The lowest BCUT2D eigenvalue weighted by atomic mass is 10.1. The van der Waals surface area contributed by atoms with E-state index in [-0.39, 0.29) is 11.9 Å². The summed E-state index contributed by atoms with van der Waals surface area (Å²) in [6.07, 6.45) is 4.98. The van der Waals surface area contributed by atoms with Crippen molar-refractivity contribution in [2.45, 2.75) is 59.2 Å². The number of rotatable bonds is 3. The molecule has 0 bridgehead atoms. The van der Waals surface area contributed by atoms with E-state index in [4.69, 9.17) is 4.98 Å². The number of fused-ring (bicyclic) bond motifs is 1. The Morgan fingerprint density at radius 3 is 2.88 bits per heavy atom. The van der Waals surface area contributed by atoms with Gasteiger partial charge in [-0.2, -0.15) is 5.10 Å². The van der Waals surface area contributed by atoms with Crippen molar-refractivity contribution in [3.8, 4) is 0 Å². The molecule has 2 aliphatic heterocycles. The fraction of sp³-hybridized carbons (Fsp3) is 0.579. The molecule has 1 N–H and O–H groups in total. The predicted octanol–water partition coefficient (Wildman–Crippen LogP) is 1.61. The van der Waals surface area contributed by atoms with Crippen LogP contribution in [0.4, 0.5) is 0 Å². The molecule has 7 heteroatoms. The van der Waals surface area contributed by atoms with E-state index < -0.39 is 0 Å². The Morgan fingerprint density at radius 1 is 1.35 bits per heavy atom. The molecule has 0 aliphatic carbocycles. The maximum absolute atomic E-state index is 12.7. The fourth-order valence-corrected chi connectivity index (χ4v) is 3.79. The summed E-state index contributed by atoms with van der Waals surface area (Å²) >= 11 is 0. The van der Waals surface area contributed by atoms with Gasteiger partial charge >= 0.3 is 0 Å². The first-order chi connectivity index (χ1) is 12.5. The topological polar surface area (TPSA) is 75.9 Å². The van der Waals surface area contributed by atoms with E-state index in [0.29, 0.717) is 19.6 Å². The van der Waals surface area contributed by atoms with Crippen molar-refractivity contribution in [1.82, 2.24) is 30.0 Å². The molecule has 2 aromatic rings. The molecule has 7 nitrogen and oxygen atoms in total. The molecule has 0 spiro atoms. The molecule has 0 saturated carbocycles. The van der Waals surface area contributed by atoms with Crippen molar-refractivity contribution in [3.05, 3.63) is 40.2 Å². The number of aromatic nitrogens is 4. The average Bonchev–Trinajstić information content (AvgIpc) is 3.26. The van der Waals surface area contributed by atoms with Crippen LogP contribution < -0.4 is 5.32 Å². The summed E-state index contributed by atoms with van der Waals surface area (Å²) in [5, 5.41) is 7.93. The molecule has 0 unspecified atom stereocenters. The van der Waals surface area contributed by atoms with Crippen LogP contribution in [0.1, 0.15) is 52.9 Å². The summed E-state index contributed by atoms with van der Waals surface area (Å²) in [5.74, 6) is 1.00. The summed E-state index contributed by atoms with van der Waals surface area (Å²) in [5.41, 5.74) is 5.36. The van der Waals surface area contributed by atoms with Crippen molar-refractivity contribution in [2.75, 3.05) is 13.1 Å². The van der Waals surface area contributed by atoms with Gasteiger partial charge in [0, 0.05) is 37.0 Å². The Labute approximate surface area is 153 Å². The summed E-state index contributed by atoms with van der Waals surface area (Å²) in [6, 6.07) is 0.286. The zero-order valence-electron chi connectivity index (χ0n) is 15.7. The largest absolute Gasteiger partial charge is 0.336 e. The van der Waals surface area contributed by atoms with Crippen LogP contribution in [0.15, 0.2) is 6.20 Å². The number of carbonyl (C=O) groups excluding carboxylic acids is 1. The van der Waals surface area contributed by atoms with Crippen molar-refractivity contribution in [1.29, 1.82) is 0 Å². The van der Waals surface area contributed by atoms with Gasteiger partial charge in [-0.05, 0) is 45.7 Å². The lowest BCUT2D eigenvalue weighted by molar-refractivity contribution is -0.133. The summed E-state index contributed by atoms with van der Waals surface area (Å²) in [7, 11) is 0. The van der Waals surface area contributed by atoms with Crippen LogP contribution >= 0.6 is 0 Å². The lowest BCUT2D eigenvalue weighted by Crippen LogP contribution is -2.39. The standard InChI is InChI=1S/C19H26N6O/c1-12-13(2)23-25(14(12)3)11-18(26)24-8-6-16-15(10-24)9-21-19(22-16)17-5-4-7-20-17/h9,17,20H,4-8,10-11H2,1-3H3/t17-/m0/s1. The third kappa shape index (κ3) is 3.11. The highest BCUT2D eigenvalue weighted by molar-refractivity contribution is 5.76. The zero-order chi connectivity index (χ0) is 18.3. The Balaban J connectivity index is 1.46. The van der Waals surface area contributed by atoms with Gasteiger partial charge in [-0.25, -0.2) is 9.97 Å². The summed E-state index contributed by atoms with van der Waals surface area (Å²) in [6.45, 7) is 8.67. The maximum atomic E-state index is 12.7. The van der Waals surface area contributed by atoms with Crippen LogP contribution in [0, 0.1) is 20.8 Å². The number of nitrogens with zero attached hydrogens (tertiary/aromatic N) is 5. The van der Waals surface area contributed by atoms with Crippen LogP contribution in [0.3, 0.4) is 0 Å². The monoisotopic (exact) mass is 354 g/mol. The minimum absolute atomic E-state index is 0.0998. The SMILES string of the molecule is Cc1nn(CC(=O)N2CCc3nc([C@@H]4CCCN4)ncc3C2)c(C)c1C. The fourth-order valence-electron chi connectivity index (χ4n) is 3.79. The minimum atomic E-state index is 0.0998. The molecule has 26 heavy (non-hydrogen) atoms. The quantitative estimate of drug-likeness (QED) is 0.906. The Bertz CT molecular complexity index is 837. The van der Waals surface area contributed by atoms with E-state index in [2.05, 4.69) is 15.4 Å². The normalized spacial score (nSPS) is 19.7. The highest BCUT2D eigenvalue weighted by Crippen LogP contribution is 2.23. The first kappa shape index (κ1) is 17.1. The Kier molecular flexibility index (Phi) is 4.48. The number of hydrogen-bond acceptors (Lipinski definition) is 5. The van der Waals surface area contributed by atoms with Crippen molar-refractivity contribution < 1.29 is 4.79 Å². The van der Waals surface area contributed by atoms with E-state index in [1.165, 1.54) is 6.42 Å². The average molecular weight is 354 g/mol. The molecule has 4 heterocycles. The second kappa shape index (κ2) is 6.79. The smallest absolute Gasteiger partial charge is 0.244 e. The van der Waals surface area contributed by atoms with Gasteiger partial charge in [0.15, 0.2) is 0 Å². The molecule has 1 fully saturated rings. The van der Waals surface area contributed by atoms with Crippen molar-refractivity contribution in [3.63, 3.8) is 0 Å². The molecular weight excluding hydrogens is 328 g/mol. The lowest BCUT2D eigenvalue weighted by Gasteiger charge is -2.28. The second-order valence-corrected chi connectivity index (χ2v) is 7.37. The third-order valence-corrected chi connectivity index (χ3v) is 5.71.